The molecule has 0 atom stereocenters. The summed E-state index contributed by atoms with van der Waals surface area (Å²) in [6, 6.07) is 15.6. The molecule has 8 heteroatoms. The molecule has 0 spiro atoms. The van der Waals surface area contributed by atoms with Gasteiger partial charge in [-0.2, -0.15) is 0 Å². The second-order valence-corrected chi connectivity index (χ2v) is 8.37. The Morgan fingerprint density at radius 2 is 1.93 bits per heavy atom. The number of hydrogen-bond donors (Lipinski definition) is 0. The smallest absolute Gasteiger partial charge is 0.262 e. The Hall–Kier alpha value is -2.22. The Balaban J connectivity index is 1.76. The van der Waals surface area contributed by atoms with E-state index in [1.165, 1.54) is 17.3 Å². The lowest BCUT2D eigenvalue weighted by molar-refractivity contribution is 0.658. The summed E-state index contributed by atoms with van der Waals surface area (Å²) < 4.78 is 6.14. The van der Waals surface area contributed by atoms with E-state index in [2.05, 4.69) is 9.59 Å². The number of nitrogens with zero attached hydrogens (tertiary/aromatic N) is 4. The largest absolute Gasteiger partial charge is 0.283 e. The molecule has 0 radical (unpaired) electrons. The van der Waals surface area contributed by atoms with E-state index < -0.39 is 0 Å². The SMILES string of the molecule is Cc1ccc(Cn2c(SCc3nnsc3Cl)nc3ccccc3c2=O)cc1. The van der Waals surface area contributed by atoms with Crippen LogP contribution >= 0.6 is 34.9 Å². The van der Waals surface area contributed by atoms with Gasteiger partial charge in [-0.3, -0.25) is 9.36 Å². The normalized spacial score (nSPS) is 11.2. The van der Waals surface area contributed by atoms with Gasteiger partial charge in [0.15, 0.2) is 5.16 Å². The Labute approximate surface area is 169 Å². The molecule has 2 heterocycles. The van der Waals surface area contributed by atoms with Crippen LogP contribution in [0.1, 0.15) is 16.8 Å². The fourth-order valence-electron chi connectivity index (χ4n) is 2.69. The van der Waals surface area contributed by atoms with Crippen molar-refractivity contribution >= 4 is 45.8 Å². The van der Waals surface area contributed by atoms with E-state index in [0.29, 0.717) is 38.4 Å². The van der Waals surface area contributed by atoms with E-state index in [4.69, 9.17) is 16.6 Å². The first-order chi connectivity index (χ1) is 13.1. The number of hydrogen-bond acceptors (Lipinski definition) is 6. The van der Waals surface area contributed by atoms with Crippen LogP contribution in [-0.2, 0) is 12.3 Å². The van der Waals surface area contributed by atoms with Gasteiger partial charge >= 0.3 is 0 Å². The Morgan fingerprint density at radius 1 is 1.15 bits per heavy atom. The minimum Gasteiger partial charge on any atom is -0.283 e. The van der Waals surface area contributed by atoms with Crippen molar-refractivity contribution in [1.29, 1.82) is 0 Å². The number of rotatable bonds is 5. The minimum absolute atomic E-state index is 0.0498. The quantitative estimate of drug-likeness (QED) is 0.354. The van der Waals surface area contributed by atoms with Crippen molar-refractivity contribution in [2.24, 2.45) is 0 Å². The molecule has 0 aliphatic heterocycles. The highest BCUT2D eigenvalue weighted by atomic mass is 35.5. The van der Waals surface area contributed by atoms with Gasteiger partial charge in [-0.1, -0.05) is 69.8 Å². The fourth-order valence-corrected chi connectivity index (χ4v) is 4.42. The van der Waals surface area contributed by atoms with Crippen LogP contribution in [0.4, 0.5) is 0 Å². The molecule has 0 aliphatic carbocycles. The predicted octanol–water partition coefficient (Wildman–Crippen LogP) is 4.55. The van der Waals surface area contributed by atoms with Crippen LogP contribution in [-0.4, -0.2) is 19.1 Å². The molecule has 27 heavy (non-hydrogen) atoms. The highest BCUT2D eigenvalue weighted by molar-refractivity contribution is 7.98. The molecule has 0 N–H and O–H groups in total. The third kappa shape index (κ3) is 3.90. The topological polar surface area (TPSA) is 60.7 Å². The molecule has 2 aromatic carbocycles. The average molecular weight is 415 g/mol. The van der Waals surface area contributed by atoms with Crippen LogP contribution in [0.15, 0.2) is 58.5 Å². The summed E-state index contributed by atoms with van der Waals surface area (Å²) in [6.45, 7) is 2.50. The number of aromatic nitrogens is 4. The van der Waals surface area contributed by atoms with Gasteiger partial charge < -0.3 is 0 Å². The molecule has 2 aromatic heterocycles. The lowest BCUT2D eigenvalue weighted by Gasteiger charge is -2.13. The van der Waals surface area contributed by atoms with Gasteiger partial charge in [-0.25, -0.2) is 4.98 Å². The molecule has 4 aromatic rings. The first kappa shape index (κ1) is 18.2. The van der Waals surface area contributed by atoms with Crippen LogP contribution in [0.5, 0.6) is 0 Å². The van der Waals surface area contributed by atoms with Gasteiger partial charge in [0.2, 0.25) is 0 Å². The highest BCUT2D eigenvalue weighted by Crippen LogP contribution is 2.27. The number of halogens is 1. The summed E-state index contributed by atoms with van der Waals surface area (Å²) in [7, 11) is 0. The van der Waals surface area contributed by atoms with E-state index in [-0.39, 0.29) is 5.56 Å². The van der Waals surface area contributed by atoms with E-state index in [0.717, 1.165) is 17.1 Å². The van der Waals surface area contributed by atoms with E-state index in [1.54, 1.807) is 4.57 Å². The van der Waals surface area contributed by atoms with E-state index in [9.17, 15) is 4.79 Å². The summed E-state index contributed by atoms with van der Waals surface area (Å²) >= 11 is 8.71. The van der Waals surface area contributed by atoms with Crippen LogP contribution in [0.3, 0.4) is 0 Å². The molecular formula is C19H15ClN4OS2. The van der Waals surface area contributed by atoms with Gasteiger partial charge in [0, 0.05) is 17.3 Å². The first-order valence-electron chi connectivity index (χ1n) is 8.26. The van der Waals surface area contributed by atoms with Crippen LogP contribution in [0, 0.1) is 6.92 Å². The number of aryl methyl sites for hydroxylation is 1. The maximum absolute atomic E-state index is 13.1. The average Bonchev–Trinajstić information content (AvgIpc) is 3.09. The van der Waals surface area contributed by atoms with Gasteiger partial charge in [-0.05, 0) is 24.6 Å². The maximum Gasteiger partial charge on any atom is 0.262 e. The molecule has 0 saturated heterocycles. The zero-order valence-electron chi connectivity index (χ0n) is 14.4. The van der Waals surface area contributed by atoms with Crippen LogP contribution in [0.2, 0.25) is 4.34 Å². The third-order valence-electron chi connectivity index (χ3n) is 4.14. The molecule has 0 bridgehead atoms. The number of benzene rings is 2. The second-order valence-electron chi connectivity index (χ2n) is 6.07. The molecule has 0 unspecified atom stereocenters. The van der Waals surface area contributed by atoms with Gasteiger partial charge in [0.1, 0.15) is 10.0 Å². The summed E-state index contributed by atoms with van der Waals surface area (Å²) in [4.78, 5) is 17.8. The van der Waals surface area contributed by atoms with Crippen molar-refractivity contribution in [3.8, 4) is 0 Å². The van der Waals surface area contributed by atoms with Gasteiger partial charge in [0.05, 0.1) is 17.4 Å². The van der Waals surface area contributed by atoms with Crippen molar-refractivity contribution in [2.75, 3.05) is 0 Å². The Morgan fingerprint density at radius 3 is 2.67 bits per heavy atom. The number of fused-ring (bicyclic) bond motifs is 1. The summed E-state index contributed by atoms with van der Waals surface area (Å²) in [5.41, 5.74) is 3.58. The van der Waals surface area contributed by atoms with Gasteiger partial charge in [-0.15, -0.1) is 5.10 Å². The molecular weight excluding hydrogens is 400 g/mol. The van der Waals surface area contributed by atoms with Crippen LogP contribution < -0.4 is 5.56 Å². The molecule has 0 saturated carbocycles. The Kier molecular flexibility index (Phi) is 5.24. The molecule has 5 nitrogen and oxygen atoms in total. The van der Waals surface area contributed by atoms with Crippen molar-refractivity contribution in [2.45, 2.75) is 24.4 Å². The number of para-hydroxylation sites is 1. The van der Waals surface area contributed by atoms with Crippen molar-refractivity contribution in [1.82, 2.24) is 19.1 Å². The van der Waals surface area contributed by atoms with Crippen molar-refractivity contribution in [3.63, 3.8) is 0 Å². The standard InChI is InChI=1S/C19H15ClN4OS2/c1-12-6-8-13(9-7-12)10-24-18(25)14-4-2-3-5-15(14)21-19(24)26-11-16-17(20)27-23-22-16/h2-9H,10-11H2,1H3. The van der Waals surface area contributed by atoms with E-state index >= 15 is 0 Å². The first-order valence-corrected chi connectivity index (χ1v) is 10.4. The zero-order valence-corrected chi connectivity index (χ0v) is 16.8. The molecule has 4 rings (SSSR count). The second kappa shape index (κ2) is 7.80. The molecule has 136 valence electrons. The summed E-state index contributed by atoms with van der Waals surface area (Å²) in [5.74, 6) is 0.508. The zero-order chi connectivity index (χ0) is 18.8. The fraction of sp³-hybridized carbons (Fsp3) is 0.158. The predicted molar refractivity (Wildman–Crippen MR) is 111 cm³/mol. The maximum atomic E-state index is 13.1. The highest BCUT2D eigenvalue weighted by Gasteiger charge is 2.14. The monoisotopic (exact) mass is 414 g/mol. The van der Waals surface area contributed by atoms with Gasteiger partial charge in [0.25, 0.3) is 5.56 Å². The molecule has 0 fully saturated rings. The third-order valence-corrected chi connectivity index (χ3v) is 6.11. The Bertz CT molecular complexity index is 1150. The van der Waals surface area contributed by atoms with Crippen molar-refractivity contribution in [3.05, 3.63) is 80.0 Å². The molecule has 0 amide bonds. The summed E-state index contributed by atoms with van der Waals surface area (Å²) in [6.07, 6.45) is 0. The van der Waals surface area contributed by atoms with Crippen molar-refractivity contribution < 1.29 is 0 Å². The minimum atomic E-state index is -0.0498. The lowest BCUT2D eigenvalue weighted by Crippen LogP contribution is -2.24. The molecule has 0 aliphatic rings. The summed E-state index contributed by atoms with van der Waals surface area (Å²) in [5, 5.41) is 5.29. The lowest BCUT2D eigenvalue weighted by atomic mass is 10.1. The van der Waals surface area contributed by atoms with Crippen LogP contribution in [0.25, 0.3) is 10.9 Å². The van der Waals surface area contributed by atoms with E-state index in [1.807, 2.05) is 55.5 Å². The number of thioether (sulfide) groups is 1.